The second kappa shape index (κ2) is 4.37. The third-order valence-corrected chi connectivity index (χ3v) is 3.40. The predicted molar refractivity (Wildman–Crippen MR) is 67.8 cm³/mol. The van der Waals surface area contributed by atoms with Crippen LogP contribution in [-0.4, -0.2) is 28.0 Å². The van der Waals surface area contributed by atoms with Gasteiger partial charge in [-0.3, -0.25) is 4.90 Å². The fourth-order valence-corrected chi connectivity index (χ4v) is 2.37. The smallest absolute Gasteiger partial charge is 0.144 e. The minimum Gasteiger partial charge on any atom is -0.325 e. The molecule has 0 bridgehead atoms. The first-order chi connectivity index (χ1) is 8.65. The van der Waals surface area contributed by atoms with Crippen molar-refractivity contribution >= 4 is 11.6 Å². The highest BCUT2D eigenvalue weighted by Gasteiger charge is 2.20. The van der Waals surface area contributed by atoms with Gasteiger partial charge in [0.15, 0.2) is 0 Å². The Kier molecular flexibility index (Phi) is 2.84. The van der Waals surface area contributed by atoms with Crippen molar-refractivity contribution in [2.75, 3.05) is 13.6 Å². The Morgan fingerprint density at radius 1 is 1.39 bits per heavy atom. The van der Waals surface area contributed by atoms with Crippen molar-refractivity contribution in [3.8, 4) is 11.4 Å². The zero-order chi connectivity index (χ0) is 12.7. The molecule has 0 amide bonds. The lowest BCUT2D eigenvalue weighted by molar-refractivity contribution is 0.270. The first-order valence-electron chi connectivity index (χ1n) is 5.76. The molecule has 3 nitrogen and oxygen atoms in total. The van der Waals surface area contributed by atoms with Crippen LogP contribution >= 0.6 is 11.6 Å². The molecule has 0 aliphatic carbocycles. The molecule has 3 rings (SSSR count). The van der Waals surface area contributed by atoms with Gasteiger partial charge in [-0.15, -0.1) is 0 Å². The quantitative estimate of drug-likeness (QED) is 0.789. The van der Waals surface area contributed by atoms with Crippen molar-refractivity contribution in [2.45, 2.75) is 13.1 Å². The summed E-state index contributed by atoms with van der Waals surface area (Å²) in [7, 11) is 2.05. The number of benzene rings is 1. The van der Waals surface area contributed by atoms with Crippen LogP contribution in [0.5, 0.6) is 0 Å². The first-order valence-corrected chi connectivity index (χ1v) is 6.14. The highest BCUT2D eigenvalue weighted by Crippen LogP contribution is 2.26. The van der Waals surface area contributed by atoms with Crippen LogP contribution in [0.4, 0.5) is 4.39 Å². The SMILES string of the molecule is CN1CCn2c([c]nc2-c2ccc(Cl)cc2F)C1. The van der Waals surface area contributed by atoms with E-state index in [1.54, 1.807) is 12.1 Å². The zero-order valence-electron chi connectivity index (χ0n) is 9.95. The Morgan fingerprint density at radius 3 is 3.00 bits per heavy atom. The maximum atomic E-state index is 13.9. The number of imidazole rings is 1. The molecule has 18 heavy (non-hydrogen) atoms. The number of fused-ring (bicyclic) bond motifs is 1. The molecule has 0 fully saturated rings. The predicted octanol–water partition coefficient (Wildman–Crippen LogP) is 2.59. The molecule has 0 spiro atoms. The summed E-state index contributed by atoms with van der Waals surface area (Å²) in [4.78, 5) is 6.41. The van der Waals surface area contributed by atoms with E-state index in [0.29, 0.717) is 16.4 Å². The monoisotopic (exact) mass is 264 g/mol. The molecule has 93 valence electrons. The van der Waals surface area contributed by atoms with E-state index in [-0.39, 0.29) is 5.82 Å². The van der Waals surface area contributed by atoms with E-state index in [2.05, 4.69) is 16.1 Å². The van der Waals surface area contributed by atoms with Gasteiger partial charge < -0.3 is 4.57 Å². The van der Waals surface area contributed by atoms with Crippen molar-refractivity contribution in [2.24, 2.45) is 0 Å². The van der Waals surface area contributed by atoms with Crippen molar-refractivity contribution in [1.82, 2.24) is 14.5 Å². The summed E-state index contributed by atoms with van der Waals surface area (Å²) >= 11 is 5.76. The highest BCUT2D eigenvalue weighted by atomic mass is 35.5. The Labute approximate surface area is 110 Å². The molecule has 0 unspecified atom stereocenters. The largest absolute Gasteiger partial charge is 0.325 e. The summed E-state index contributed by atoms with van der Waals surface area (Å²) in [5.74, 6) is 0.287. The van der Waals surface area contributed by atoms with Gasteiger partial charge in [-0.2, -0.15) is 0 Å². The fraction of sp³-hybridized carbons (Fsp3) is 0.308. The highest BCUT2D eigenvalue weighted by molar-refractivity contribution is 6.30. The second-order valence-electron chi connectivity index (χ2n) is 4.51. The number of hydrogen-bond acceptors (Lipinski definition) is 2. The summed E-state index contributed by atoms with van der Waals surface area (Å²) in [6.45, 7) is 2.53. The molecular weight excluding hydrogens is 253 g/mol. The number of hydrogen-bond donors (Lipinski definition) is 0. The van der Waals surface area contributed by atoms with Crippen LogP contribution in [0.3, 0.4) is 0 Å². The van der Waals surface area contributed by atoms with Crippen LogP contribution in [0.1, 0.15) is 5.69 Å². The molecule has 1 radical (unpaired) electrons. The fourth-order valence-electron chi connectivity index (χ4n) is 2.21. The molecule has 0 saturated heterocycles. The first kappa shape index (κ1) is 11.7. The van der Waals surface area contributed by atoms with Crippen LogP contribution in [-0.2, 0) is 13.1 Å². The van der Waals surface area contributed by atoms with Gasteiger partial charge in [0.25, 0.3) is 0 Å². The molecule has 0 N–H and O–H groups in total. The lowest BCUT2D eigenvalue weighted by Gasteiger charge is -2.24. The Balaban J connectivity index is 2.08. The minimum absolute atomic E-state index is 0.344. The van der Waals surface area contributed by atoms with E-state index in [1.165, 1.54) is 6.07 Å². The summed E-state index contributed by atoms with van der Waals surface area (Å²) in [6.07, 6.45) is 2.97. The van der Waals surface area contributed by atoms with E-state index < -0.39 is 0 Å². The van der Waals surface area contributed by atoms with E-state index in [1.807, 2.05) is 11.6 Å². The molecule has 0 saturated carbocycles. The van der Waals surface area contributed by atoms with Crippen LogP contribution in [0.15, 0.2) is 18.2 Å². The van der Waals surface area contributed by atoms with E-state index in [4.69, 9.17) is 11.6 Å². The third kappa shape index (κ3) is 1.91. The number of nitrogens with zero attached hydrogens (tertiary/aromatic N) is 3. The van der Waals surface area contributed by atoms with Crippen LogP contribution in [0.25, 0.3) is 11.4 Å². The lowest BCUT2D eigenvalue weighted by Crippen LogP contribution is -2.30. The summed E-state index contributed by atoms with van der Waals surface area (Å²) in [5, 5.41) is 0.394. The van der Waals surface area contributed by atoms with Crippen molar-refractivity contribution < 1.29 is 4.39 Å². The van der Waals surface area contributed by atoms with Crippen molar-refractivity contribution in [3.05, 3.63) is 40.9 Å². The van der Waals surface area contributed by atoms with Gasteiger partial charge in [0.1, 0.15) is 17.8 Å². The molecule has 5 heteroatoms. The lowest BCUT2D eigenvalue weighted by atomic mass is 10.2. The third-order valence-electron chi connectivity index (χ3n) is 3.17. The van der Waals surface area contributed by atoms with E-state index >= 15 is 0 Å². The number of halogens is 2. The molecule has 1 aromatic heterocycles. The molecule has 0 atom stereocenters. The maximum absolute atomic E-state index is 13.9. The Bertz CT molecular complexity index is 594. The van der Waals surface area contributed by atoms with Gasteiger partial charge >= 0.3 is 0 Å². The van der Waals surface area contributed by atoms with Crippen molar-refractivity contribution in [3.63, 3.8) is 0 Å². The van der Waals surface area contributed by atoms with Gasteiger partial charge in [0.05, 0.1) is 11.3 Å². The molecule has 1 aliphatic rings. The average Bonchev–Trinajstić information content (AvgIpc) is 2.72. The van der Waals surface area contributed by atoms with Crippen LogP contribution in [0, 0.1) is 12.0 Å². The molecule has 1 aromatic carbocycles. The van der Waals surface area contributed by atoms with E-state index in [0.717, 1.165) is 25.3 Å². The Morgan fingerprint density at radius 2 is 2.22 bits per heavy atom. The number of rotatable bonds is 1. The second-order valence-corrected chi connectivity index (χ2v) is 4.94. The van der Waals surface area contributed by atoms with Gasteiger partial charge in [0.2, 0.25) is 0 Å². The van der Waals surface area contributed by atoms with Gasteiger partial charge in [0, 0.05) is 24.7 Å². The number of likely N-dealkylation sites (N-methyl/N-ethyl adjacent to an activating group) is 1. The topological polar surface area (TPSA) is 21.1 Å². The summed E-state index contributed by atoms with van der Waals surface area (Å²) < 4.78 is 15.9. The normalized spacial score (nSPS) is 15.7. The van der Waals surface area contributed by atoms with Crippen LogP contribution in [0.2, 0.25) is 5.02 Å². The average molecular weight is 265 g/mol. The maximum Gasteiger partial charge on any atom is 0.144 e. The summed E-state index contributed by atoms with van der Waals surface area (Å²) in [6, 6.07) is 4.66. The molecule has 1 aliphatic heterocycles. The van der Waals surface area contributed by atoms with Gasteiger partial charge in [-0.05, 0) is 25.2 Å². The van der Waals surface area contributed by atoms with Gasteiger partial charge in [-0.25, -0.2) is 9.37 Å². The minimum atomic E-state index is -0.344. The standard InChI is InChI=1S/C13H12ClFN3/c1-17-4-5-18-10(8-17)7-16-13(18)11-3-2-9(14)6-12(11)15/h2-3,6H,4-5,8H2,1H3. The Hall–Kier alpha value is -1.39. The van der Waals surface area contributed by atoms with E-state index in [9.17, 15) is 4.39 Å². The summed E-state index contributed by atoms with van der Waals surface area (Å²) in [5.41, 5.74) is 1.47. The zero-order valence-corrected chi connectivity index (χ0v) is 10.7. The number of aromatic nitrogens is 2. The molecule has 2 aromatic rings. The molecular formula is C13H12ClFN3. The van der Waals surface area contributed by atoms with Crippen molar-refractivity contribution in [1.29, 1.82) is 0 Å². The molecule has 2 heterocycles. The van der Waals surface area contributed by atoms with Gasteiger partial charge in [-0.1, -0.05) is 11.6 Å². The van der Waals surface area contributed by atoms with Crippen LogP contribution < -0.4 is 0 Å².